The summed E-state index contributed by atoms with van der Waals surface area (Å²) in [4.78, 5) is 0. The first-order chi connectivity index (χ1) is 4.31. The second-order valence-corrected chi connectivity index (χ2v) is 1.33. The molecule has 0 amide bonds. The lowest BCUT2D eigenvalue weighted by Gasteiger charge is -1.87. The highest BCUT2D eigenvalue weighted by Gasteiger charge is 1.75. The van der Waals surface area contributed by atoms with E-state index in [1.807, 2.05) is 20.8 Å². The highest BCUT2D eigenvalue weighted by Crippen LogP contribution is 1.87. The number of rotatable bonds is 2. The van der Waals surface area contributed by atoms with Gasteiger partial charge in [-0.25, -0.2) is 0 Å². The van der Waals surface area contributed by atoms with E-state index in [-0.39, 0.29) is 0 Å². The fourth-order valence-electron chi connectivity index (χ4n) is 0.269. The summed E-state index contributed by atoms with van der Waals surface area (Å²) in [5.41, 5.74) is 6.26. The summed E-state index contributed by atoms with van der Waals surface area (Å²) < 4.78 is 0. The van der Waals surface area contributed by atoms with Crippen molar-refractivity contribution in [1.29, 1.82) is 0 Å². The molecule has 0 bridgehead atoms. The van der Waals surface area contributed by atoms with E-state index < -0.39 is 0 Å². The van der Waals surface area contributed by atoms with Gasteiger partial charge in [-0.05, 0) is 12.5 Å². The van der Waals surface area contributed by atoms with Gasteiger partial charge in [0.05, 0.1) is 0 Å². The van der Waals surface area contributed by atoms with Gasteiger partial charge in [0.15, 0.2) is 0 Å². The molecular formula is C8H17N. The van der Waals surface area contributed by atoms with Gasteiger partial charge >= 0.3 is 0 Å². The molecule has 0 radical (unpaired) electrons. The minimum absolute atomic E-state index is 0.884. The Balaban J connectivity index is 0. The predicted octanol–water partition coefficient (Wildman–Crippen LogP) is 2.45. The fraction of sp³-hybridized carbons (Fsp3) is 0.500. The molecule has 0 rings (SSSR count). The Kier molecular flexibility index (Phi) is 12.7. The summed E-state index contributed by atoms with van der Waals surface area (Å²) in [7, 11) is 0. The van der Waals surface area contributed by atoms with Crippen molar-refractivity contribution in [2.75, 3.05) is 0 Å². The third-order valence-corrected chi connectivity index (χ3v) is 0.740. The molecule has 1 heteroatoms. The first-order valence-electron chi connectivity index (χ1n) is 3.38. The van der Waals surface area contributed by atoms with Crippen molar-refractivity contribution in [2.45, 2.75) is 27.2 Å². The Morgan fingerprint density at radius 1 is 1.56 bits per heavy atom. The van der Waals surface area contributed by atoms with Gasteiger partial charge in [0.2, 0.25) is 0 Å². The van der Waals surface area contributed by atoms with E-state index in [1.54, 1.807) is 12.2 Å². The number of nitrogens with two attached hydrogens (primary N) is 1. The van der Waals surface area contributed by atoms with Gasteiger partial charge in [0.1, 0.15) is 0 Å². The highest BCUT2D eigenvalue weighted by molar-refractivity contribution is 5.05. The van der Waals surface area contributed by atoms with Crippen LogP contribution >= 0.6 is 0 Å². The number of hydrogen-bond donors (Lipinski definition) is 1. The second kappa shape index (κ2) is 10.3. The summed E-state index contributed by atoms with van der Waals surface area (Å²) in [6, 6.07) is 0. The van der Waals surface area contributed by atoms with Crippen LogP contribution in [0.3, 0.4) is 0 Å². The van der Waals surface area contributed by atoms with Crippen molar-refractivity contribution in [3.8, 4) is 0 Å². The first kappa shape index (κ1) is 11.1. The van der Waals surface area contributed by atoms with E-state index in [0.717, 1.165) is 12.1 Å². The molecule has 0 aromatic carbocycles. The van der Waals surface area contributed by atoms with Crippen molar-refractivity contribution >= 4 is 0 Å². The Morgan fingerprint density at radius 2 is 2.00 bits per heavy atom. The molecule has 0 saturated carbocycles. The zero-order chi connectivity index (χ0) is 7.70. The van der Waals surface area contributed by atoms with E-state index in [9.17, 15) is 0 Å². The lowest BCUT2D eigenvalue weighted by Crippen LogP contribution is -1.92. The van der Waals surface area contributed by atoms with Gasteiger partial charge < -0.3 is 5.73 Å². The molecule has 0 aliphatic rings. The van der Waals surface area contributed by atoms with Crippen LogP contribution in [-0.2, 0) is 0 Å². The third-order valence-electron chi connectivity index (χ3n) is 0.740. The highest BCUT2D eigenvalue weighted by atomic mass is 14.6. The Hall–Kier alpha value is -0.720. The van der Waals surface area contributed by atoms with E-state index in [0.29, 0.717) is 0 Å². The lowest BCUT2D eigenvalue weighted by atomic mass is 10.3. The van der Waals surface area contributed by atoms with Crippen LogP contribution in [0.2, 0.25) is 0 Å². The smallest absolute Gasteiger partial charge is 0.00774 e. The van der Waals surface area contributed by atoms with Crippen LogP contribution in [0.25, 0.3) is 0 Å². The summed E-state index contributed by atoms with van der Waals surface area (Å²) >= 11 is 0. The fourth-order valence-corrected chi connectivity index (χ4v) is 0.269. The molecule has 0 saturated heterocycles. The molecule has 0 fully saturated rings. The lowest BCUT2D eigenvalue weighted by molar-refractivity contribution is 1.07. The van der Waals surface area contributed by atoms with Gasteiger partial charge in [-0.3, -0.25) is 0 Å². The molecule has 2 N–H and O–H groups in total. The molecule has 0 aromatic rings. The van der Waals surface area contributed by atoms with Crippen molar-refractivity contribution < 1.29 is 0 Å². The average molecular weight is 127 g/mol. The van der Waals surface area contributed by atoms with E-state index in [2.05, 4.69) is 6.58 Å². The maximum Gasteiger partial charge on any atom is 0.00774 e. The van der Waals surface area contributed by atoms with E-state index in [4.69, 9.17) is 5.73 Å². The van der Waals surface area contributed by atoms with Gasteiger partial charge in [-0.1, -0.05) is 33.4 Å². The van der Waals surface area contributed by atoms with Crippen LogP contribution in [0, 0.1) is 0 Å². The summed E-state index contributed by atoms with van der Waals surface area (Å²) in [5, 5.41) is 0. The molecule has 9 heavy (non-hydrogen) atoms. The van der Waals surface area contributed by atoms with Gasteiger partial charge in [-0.2, -0.15) is 0 Å². The number of hydrogen-bond acceptors (Lipinski definition) is 1. The van der Waals surface area contributed by atoms with Crippen LogP contribution in [0.4, 0.5) is 0 Å². The van der Waals surface area contributed by atoms with Crippen molar-refractivity contribution in [3.63, 3.8) is 0 Å². The third kappa shape index (κ3) is 11.1. The SMILES string of the molecule is C=C/C=C(/N)CC.CC. The van der Waals surface area contributed by atoms with E-state index >= 15 is 0 Å². The van der Waals surface area contributed by atoms with Crippen LogP contribution in [0.5, 0.6) is 0 Å². The van der Waals surface area contributed by atoms with Gasteiger partial charge in [0.25, 0.3) is 0 Å². The Bertz CT molecular complexity index is 82.6. The van der Waals surface area contributed by atoms with Crippen LogP contribution in [0.1, 0.15) is 27.2 Å². The maximum absolute atomic E-state index is 5.37. The second-order valence-electron chi connectivity index (χ2n) is 1.33. The summed E-state index contributed by atoms with van der Waals surface area (Å²) in [6.07, 6.45) is 4.41. The molecule has 0 aliphatic heterocycles. The molecule has 54 valence electrons. The van der Waals surface area contributed by atoms with Crippen LogP contribution < -0.4 is 5.73 Å². The maximum atomic E-state index is 5.37. The largest absolute Gasteiger partial charge is 0.402 e. The molecule has 1 nitrogen and oxygen atoms in total. The number of allylic oxidation sites excluding steroid dienone is 3. The van der Waals surface area contributed by atoms with Gasteiger partial charge in [-0.15, -0.1) is 0 Å². The molecule has 0 unspecified atom stereocenters. The zero-order valence-electron chi connectivity index (χ0n) is 6.65. The zero-order valence-corrected chi connectivity index (χ0v) is 6.65. The minimum atomic E-state index is 0.884. The van der Waals surface area contributed by atoms with Crippen LogP contribution in [-0.4, -0.2) is 0 Å². The van der Waals surface area contributed by atoms with Crippen molar-refractivity contribution in [2.24, 2.45) is 5.73 Å². The summed E-state index contributed by atoms with van der Waals surface area (Å²) in [5.74, 6) is 0. The first-order valence-corrected chi connectivity index (χ1v) is 3.38. The Labute approximate surface area is 58.3 Å². The van der Waals surface area contributed by atoms with Crippen LogP contribution in [0.15, 0.2) is 24.4 Å². The summed E-state index contributed by atoms with van der Waals surface area (Å²) in [6.45, 7) is 9.50. The van der Waals surface area contributed by atoms with Crippen molar-refractivity contribution in [1.82, 2.24) is 0 Å². The monoisotopic (exact) mass is 127 g/mol. The molecule has 0 heterocycles. The normalized spacial score (nSPS) is 9.44. The Morgan fingerprint density at radius 3 is 2.11 bits per heavy atom. The van der Waals surface area contributed by atoms with Crippen molar-refractivity contribution in [3.05, 3.63) is 24.4 Å². The average Bonchev–Trinajstić information content (AvgIpc) is 1.93. The minimum Gasteiger partial charge on any atom is -0.402 e. The molecule has 0 spiro atoms. The molecule has 0 atom stereocenters. The quantitative estimate of drug-likeness (QED) is 0.566. The standard InChI is InChI=1S/C6H11N.C2H6/c1-3-5-6(7)4-2;1-2/h3,5H,1,4,7H2,2H3;1-2H3/b6-5+;. The van der Waals surface area contributed by atoms with Gasteiger partial charge in [0, 0.05) is 5.70 Å². The molecular weight excluding hydrogens is 110 g/mol. The molecule has 0 aromatic heterocycles. The molecule has 0 aliphatic carbocycles. The predicted molar refractivity (Wildman–Crippen MR) is 44.1 cm³/mol. The van der Waals surface area contributed by atoms with E-state index in [1.165, 1.54) is 0 Å². The topological polar surface area (TPSA) is 26.0 Å².